The summed E-state index contributed by atoms with van der Waals surface area (Å²) in [5.41, 5.74) is 2.08. The monoisotopic (exact) mass is 396 g/mol. The number of guanidine groups is 1. The third kappa shape index (κ3) is 4.54. The summed E-state index contributed by atoms with van der Waals surface area (Å²) in [5, 5.41) is 9.12. The van der Waals surface area contributed by atoms with E-state index in [-0.39, 0.29) is 0 Å². The molecule has 4 heterocycles. The number of hydrogen-bond acceptors (Lipinski definition) is 4. The predicted molar refractivity (Wildman–Crippen MR) is 116 cm³/mol. The Morgan fingerprint density at radius 1 is 1.21 bits per heavy atom. The highest BCUT2D eigenvalue weighted by Gasteiger charge is 2.24. The smallest absolute Gasteiger partial charge is 0.191 e. The predicted octanol–water partition coefficient (Wildman–Crippen LogP) is 2.94. The molecule has 2 N–H and O–H groups in total. The second kappa shape index (κ2) is 9.21. The third-order valence-electron chi connectivity index (χ3n) is 5.23. The quantitative estimate of drug-likeness (QED) is 0.476. The highest BCUT2D eigenvalue weighted by Crippen LogP contribution is 2.27. The highest BCUT2D eigenvalue weighted by molar-refractivity contribution is 7.10. The topological polar surface area (TPSA) is 57.0 Å². The van der Waals surface area contributed by atoms with Gasteiger partial charge in [0, 0.05) is 43.8 Å². The van der Waals surface area contributed by atoms with Crippen LogP contribution in [0.15, 0.2) is 53.1 Å². The SMILES string of the molecule is CN=C(NCCc1cn2ccccc2n1)NCC(c1cccs1)N1CCCC1. The van der Waals surface area contributed by atoms with Crippen LogP contribution in [0, 0.1) is 0 Å². The van der Waals surface area contributed by atoms with Crippen LogP contribution in [0.4, 0.5) is 0 Å². The van der Waals surface area contributed by atoms with Crippen LogP contribution in [-0.4, -0.2) is 53.5 Å². The van der Waals surface area contributed by atoms with Crippen molar-refractivity contribution in [3.63, 3.8) is 0 Å². The molecule has 0 amide bonds. The summed E-state index contributed by atoms with van der Waals surface area (Å²) < 4.78 is 2.06. The van der Waals surface area contributed by atoms with Gasteiger partial charge in [0.1, 0.15) is 5.65 Å². The highest BCUT2D eigenvalue weighted by atomic mass is 32.1. The van der Waals surface area contributed by atoms with E-state index in [1.165, 1.54) is 30.8 Å². The number of hydrogen-bond donors (Lipinski definition) is 2. The van der Waals surface area contributed by atoms with Gasteiger partial charge in [-0.2, -0.15) is 0 Å². The van der Waals surface area contributed by atoms with E-state index in [9.17, 15) is 0 Å². The Balaban J connectivity index is 1.30. The molecular weight excluding hydrogens is 368 g/mol. The van der Waals surface area contributed by atoms with E-state index in [1.54, 1.807) is 0 Å². The van der Waals surface area contributed by atoms with Crippen molar-refractivity contribution in [3.05, 3.63) is 58.7 Å². The number of nitrogens with zero attached hydrogens (tertiary/aromatic N) is 4. The van der Waals surface area contributed by atoms with Crippen molar-refractivity contribution in [1.82, 2.24) is 24.9 Å². The van der Waals surface area contributed by atoms with Gasteiger partial charge in [-0.3, -0.25) is 9.89 Å². The first-order chi connectivity index (χ1) is 13.8. The molecule has 148 valence electrons. The normalized spacial score (nSPS) is 16.5. The van der Waals surface area contributed by atoms with Crippen molar-refractivity contribution >= 4 is 22.9 Å². The molecule has 1 aliphatic heterocycles. The Kier molecular flexibility index (Phi) is 6.24. The molecule has 0 aromatic carbocycles. The van der Waals surface area contributed by atoms with Gasteiger partial charge in [-0.15, -0.1) is 11.3 Å². The lowest BCUT2D eigenvalue weighted by Crippen LogP contribution is -2.43. The molecule has 1 fully saturated rings. The number of aliphatic imine (C=N–C) groups is 1. The molecule has 1 unspecified atom stereocenters. The van der Waals surface area contributed by atoms with Crippen LogP contribution in [0.25, 0.3) is 5.65 Å². The van der Waals surface area contributed by atoms with Gasteiger partial charge >= 0.3 is 0 Å². The molecule has 0 saturated carbocycles. The summed E-state index contributed by atoms with van der Waals surface area (Å²) in [6.07, 6.45) is 7.58. The fraction of sp³-hybridized carbons (Fsp3) is 0.429. The summed E-state index contributed by atoms with van der Waals surface area (Å²) >= 11 is 1.84. The van der Waals surface area contributed by atoms with Crippen LogP contribution >= 0.6 is 11.3 Å². The van der Waals surface area contributed by atoms with E-state index in [0.717, 1.165) is 36.8 Å². The fourth-order valence-corrected chi connectivity index (χ4v) is 4.64. The largest absolute Gasteiger partial charge is 0.356 e. The van der Waals surface area contributed by atoms with Gasteiger partial charge < -0.3 is 15.0 Å². The minimum atomic E-state index is 0.416. The maximum absolute atomic E-state index is 4.65. The Morgan fingerprint density at radius 2 is 2.11 bits per heavy atom. The van der Waals surface area contributed by atoms with Crippen LogP contribution < -0.4 is 10.6 Å². The number of fused-ring (bicyclic) bond motifs is 1. The first-order valence-electron chi connectivity index (χ1n) is 9.98. The number of thiophene rings is 1. The number of pyridine rings is 1. The van der Waals surface area contributed by atoms with Crippen molar-refractivity contribution in [2.24, 2.45) is 4.99 Å². The van der Waals surface area contributed by atoms with Crippen LogP contribution in [0.2, 0.25) is 0 Å². The molecular formula is C21H28N6S. The summed E-state index contributed by atoms with van der Waals surface area (Å²) in [4.78, 5) is 13.1. The van der Waals surface area contributed by atoms with Crippen LogP contribution in [0.5, 0.6) is 0 Å². The molecule has 1 aliphatic rings. The molecule has 0 spiro atoms. The molecule has 3 aromatic heterocycles. The van der Waals surface area contributed by atoms with Crippen LogP contribution in [0.3, 0.4) is 0 Å². The van der Waals surface area contributed by atoms with Crippen LogP contribution in [-0.2, 0) is 6.42 Å². The average molecular weight is 397 g/mol. The lowest BCUT2D eigenvalue weighted by atomic mass is 10.2. The number of aromatic nitrogens is 2. The van der Waals surface area contributed by atoms with Crippen molar-refractivity contribution in [1.29, 1.82) is 0 Å². The lowest BCUT2D eigenvalue weighted by Gasteiger charge is -2.27. The molecule has 0 radical (unpaired) electrons. The van der Waals surface area contributed by atoms with Crippen molar-refractivity contribution in [2.45, 2.75) is 25.3 Å². The number of rotatable bonds is 7. The summed E-state index contributed by atoms with van der Waals surface area (Å²) in [5.74, 6) is 0.851. The van der Waals surface area contributed by atoms with Gasteiger partial charge in [-0.1, -0.05) is 12.1 Å². The lowest BCUT2D eigenvalue weighted by molar-refractivity contribution is 0.249. The van der Waals surface area contributed by atoms with Crippen molar-refractivity contribution in [3.8, 4) is 0 Å². The summed E-state index contributed by atoms with van der Waals surface area (Å²) in [6, 6.07) is 10.9. The molecule has 3 aromatic rings. The zero-order chi connectivity index (χ0) is 19.2. The maximum Gasteiger partial charge on any atom is 0.191 e. The molecule has 0 aliphatic carbocycles. The Morgan fingerprint density at radius 3 is 2.86 bits per heavy atom. The van der Waals surface area contributed by atoms with E-state index in [0.29, 0.717) is 6.04 Å². The Labute approximate surface area is 170 Å². The van der Waals surface area contributed by atoms with E-state index in [1.807, 2.05) is 42.8 Å². The van der Waals surface area contributed by atoms with Gasteiger partial charge in [0.05, 0.1) is 11.7 Å². The number of imidazole rings is 1. The van der Waals surface area contributed by atoms with Gasteiger partial charge in [0.25, 0.3) is 0 Å². The first kappa shape index (κ1) is 19.0. The second-order valence-electron chi connectivity index (χ2n) is 7.10. The number of nitrogens with one attached hydrogen (secondary N) is 2. The molecule has 4 rings (SSSR count). The average Bonchev–Trinajstić information content (AvgIpc) is 3.48. The zero-order valence-corrected chi connectivity index (χ0v) is 17.2. The summed E-state index contributed by atoms with van der Waals surface area (Å²) in [6.45, 7) is 4.04. The van der Waals surface area contributed by atoms with E-state index < -0.39 is 0 Å². The second-order valence-corrected chi connectivity index (χ2v) is 8.08. The molecule has 28 heavy (non-hydrogen) atoms. The standard InChI is InChI=1S/C21H28N6S/c1-22-21(23-10-9-17-16-27-13-3-2-8-20(27)25-17)24-15-18(19-7-6-14-28-19)26-11-4-5-12-26/h2-3,6-8,13-14,16,18H,4-5,9-12,15H2,1H3,(H2,22,23,24). The molecule has 7 heteroatoms. The van der Waals surface area contributed by atoms with Crippen molar-refractivity contribution in [2.75, 3.05) is 33.2 Å². The maximum atomic E-state index is 4.65. The Bertz CT molecular complexity index is 862. The van der Waals surface area contributed by atoms with Gasteiger partial charge in [0.15, 0.2) is 5.96 Å². The van der Waals surface area contributed by atoms with Gasteiger partial charge in [0.2, 0.25) is 0 Å². The van der Waals surface area contributed by atoms with E-state index in [4.69, 9.17) is 0 Å². The van der Waals surface area contributed by atoms with Crippen LogP contribution in [0.1, 0.15) is 29.5 Å². The Hall–Kier alpha value is -2.38. The van der Waals surface area contributed by atoms with E-state index >= 15 is 0 Å². The van der Waals surface area contributed by atoms with Gasteiger partial charge in [-0.05, 0) is 49.5 Å². The zero-order valence-electron chi connectivity index (χ0n) is 16.3. The molecule has 1 atom stereocenters. The van der Waals surface area contributed by atoms with E-state index in [2.05, 4.69) is 53.6 Å². The number of likely N-dealkylation sites (tertiary alicyclic amines) is 1. The molecule has 1 saturated heterocycles. The van der Waals surface area contributed by atoms with Gasteiger partial charge in [-0.25, -0.2) is 4.98 Å². The fourth-order valence-electron chi connectivity index (χ4n) is 3.77. The third-order valence-corrected chi connectivity index (χ3v) is 6.20. The first-order valence-corrected chi connectivity index (χ1v) is 10.9. The minimum Gasteiger partial charge on any atom is -0.356 e. The minimum absolute atomic E-state index is 0.416. The van der Waals surface area contributed by atoms with Crippen molar-refractivity contribution < 1.29 is 0 Å². The molecule has 6 nitrogen and oxygen atoms in total. The molecule has 0 bridgehead atoms. The summed E-state index contributed by atoms with van der Waals surface area (Å²) in [7, 11) is 1.83.